The Morgan fingerprint density at radius 3 is 1.65 bits per heavy atom. The van der Waals surface area contributed by atoms with Gasteiger partial charge in [-0.05, 0) is 56.8 Å². The molecule has 6 aromatic carbocycles. The van der Waals surface area contributed by atoms with E-state index in [4.69, 9.17) is 37.3 Å². The van der Waals surface area contributed by atoms with E-state index in [1.807, 2.05) is 48.5 Å². The Morgan fingerprint density at radius 2 is 1.11 bits per heavy atom. The molecule has 0 spiro atoms. The van der Waals surface area contributed by atoms with E-state index in [0.29, 0.717) is 35.4 Å². The number of hydrogen-bond donors (Lipinski definition) is 0. The third-order valence-electron chi connectivity index (χ3n) is 12.2. The molecule has 0 fully saturated rings. The fourth-order valence-electron chi connectivity index (χ4n) is 8.02. The Kier molecular flexibility index (Phi) is 14.6. The number of fused-ring (bicyclic) bond motifs is 1. The summed E-state index contributed by atoms with van der Waals surface area (Å²) in [4.78, 5) is 0. The van der Waals surface area contributed by atoms with E-state index in [1.54, 1.807) is 28.4 Å². The molecule has 10 heteroatoms. The normalized spacial score (nSPS) is 12.3. The predicted molar refractivity (Wildman–Crippen MR) is 257 cm³/mol. The summed E-state index contributed by atoms with van der Waals surface area (Å²) in [5.74, 6) is 3.10. The van der Waals surface area contributed by atoms with Crippen molar-refractivity contribution in [3.05, 3.63) is 138 Å². The molecule has 0 aliphatic carbocycles. The molecule has 0 saturated heterocycles. The van der Waals surface area contributed by atoms with Crippen LogP contribution in [0.25, 0.3) is 21.9 Å². The Hall–Kier alpha value is -5.11. The van der Waals surface area contributed by atoms with Gasteiger partial charge >= 0.3 is 0 Å². The largest absolute Gasteiger partial charge is 0.496 e. The summed E-state index contributed by atoms with van der Waals surface area (Å²) in [5, 5.41) is 3.63. The van der Waals surface area contributed by atoms with Crippen LogP contribution in [0.3, 0.4) is 0 Å². The summed E-state index contributed by atoms with van der Waals surface area (Å²) in [6, 6.07) is 41.4. The maximum absolute atomic E-state index is 7.72. The van der Waals surface area contributed by atoms with Gasteiger partial charge in [0.15, 0.2) is 15.1 Å². The molecule has 0 radical (unpaired) electrons. The summed E-state index contributed by atoms with van der Waals surface area (Å²) in [6.07, 6.45) is 0. The highest BCUT2D eigenvalue weighted by molar-refractivity contribution is 6.99. The lowest BCUT2D eigenvalue weighted by molar-refractivity contribution is 0.0508. The van der Waals surface area contributed by atoms with Crippen molar-refractivity contribution >= 4 is 37.8 Å². The third-order valence-corrected chi connectivity index (χ3v) is 21.6. The molecule has 0 saturated carbocycles. The van der Waals surface area contributed by atoms with Gasteiger partial charge in [-0.15, -0.1) is 0 Å². The molecular weight excluding hydrogens is 809 g/mol. The molecule has 0 unspecified atom stereocenters. The van der Waals surface area contributed by atoms with Crippen LogP contribution in [0.5, 0.6) is 28.7 Å². The molecule has 62 heavy (non-hydrogen) atoms. The van der Waals surface area contributed by atoms with E-state index in [1.165, 1.54) is 10.4 Å². The fraction of sp³-hybridized carbons (Fsp3) is 0.346. The van der Waals surface area contributed by atoms with Gasteiger partial charge in [0.1, 0.15) is 35.4 Å². The molecule has 0 heterocycles. The maximum atomic E-state index is 7.72. The molecule has 8 nitrogen and oxygen atoms in total. The molecule has 0 aliphatic rings. The van der Waals surface area contributed by atoms with E-state index >= 15 is 0 Å². The first-order valence-electron chi connectivity index (χ1n) is 21.2. The first kappa shape index (κ1) is 46.4. The van der Waals surface area contributed by atoms with Gasteiger partial charge in [0, 0.05) is 35.3 Å². The van der Waals surface area contributed by atoms with Crippen molar-refractivity contribution in [3.63, 3.8) is 0 Å². The highest BCUT2D eigenvalue weighted by atomic mass is 28.4. The Bertz CT molecular complexity index is 2370. The summed E-state index contributed by atoms with van der Waals surface area (Å²) in [5.41, 5.74) is 4.24. The van der Waals surface area contributed by atoms with E-state index in [0.717, 1.165) is 38.6 Å². The lowest BCUT2D eigenvalue weighted by Gasteiger charge is -2.43. The molecule has 0 bridgehead atoms. The van der Waals surface area contributed by atoms with Gasteiger partial charge in [-0.3, -0.25) is 0 Å². The summed E-state index contributed by atoms with van der Waals surface area (Å²) in [7, 11) is 1.33. The molecule has 328 valence electrons. The third kappa shape index (κ3) is 9.45. The van der Waals surface area contributed by atoms with Crippen molar-refractivity contribution in [2.75, 3.05) is 35.2 Å². The SMILES string of the molecule is COCOc1cc(CO[Si](c2ccccc2)(c2ccccc2)C(C)(C)C)c(-c2c(CO[Si](C)(C)C(C)(C)C)c(OC)c3c(OC)cccc3c2OC)c(OCc2ccccc2)c1. The highest BCUT2D eigenvalue weighted by Crippen LogP contribution is 2.53. The number of benzene rings is 6. The van der Waals surface area contributed by atoms with Crippen molar-refractivity contribution < 1.29 is 37.3 Å². The maximum Gasteiger partial charge on any atom is 0.261 e. The quantitative estimate of drug-likeness (QED) is 0.0625. The van der Waals surface area contributed by atoms with Gasteiger partial charge in [0.05, 0.1) is 39.9 Å². The summed E-state index contributed by atoms with van der Waals surface area (Å²) >= 11 is 0. The minimum atomic E-state index is -3.06. The lowest BCUT2D eigenvalue weighted by atomic mass is 9.89. The van der Waals surface area contributed by atoms with Crippen LogP contribution in [0.4, 0.5) is 0 Å². The van der Waals surface area contributed by atoms with Crippen LogP contribution in [0.1, 0.15) is 58.2 Å². The fourth-order valence-corrected chi connectivity index (χ4v) is 13.5. The van der Waals surface area contributed by atoms with E-state index in [-0.39, 0.29) is 30.1 Å². The van der Waals surface area contributed by atoms with Crippen LogP contribution in [-0.4, -0.2) is 51.9 Å². The predicted octanol–water partition coefficient (Wildman–Crippen LogP) is 11.7. The first-order chi connectivity index (χ1) is 29.6. The molecule has 0 N–H and O–H groups in total. The van der Waals surface area contributed by atoms with Gasteiger partial charge < -0.3 is 37.3 Å². The van der Waals surface area contributed by atoms with Crippen molar-refractivity contribution in [2.24, 2.45) is 0 Å². The molecule has 0 aliphatic heterocycles. The van der Waals surface area contributed by atoms with Crippen LogP contribution < -0.4 is 34.1 Å². The zero-order valence-corrected chi connectivity index (χ0v) is 40.6. The Labute approximate surface area is 371 Å². The minimum Gasteiger partial charge on any atom is -0.496 e. The second-order valence-corrected chi connectivity index (χ2v) is 27.2. The van der Waals surface area contributed by atoms with Gasteiger partial charge in [-0.25, -0.2) is 0 Å². The Balaban J connectivity index is 1.72. The average molecular weight is 873 g/mol. The van der Waals surface area contributed by atoms with Crippen LogP contribution in [0, 0.1) is 0 Å². The molecular formula is C52H64O8Si2. The smallest absolute Gasteiger partial charge is 0.261 e. The minimum absolute atomic E-state index is 0.0466. The highest BCUT2D eigenvalue weighted by Gasteiger charge is 2.50. The second-order valence-electron chi connectivity index (χ2n) is 18.1. The van der Waals surface area contributed by atoms with Crippen molar-refractivity contribution in [1.82, 2.24) is 0 Å². The van der Waals surface area contributed by atoms with Crippen LogP contribution in [-0.2, 0) is 33.4 Å². The molecule has 0 aromatic heterocycles. The van der Waals surface area contributed by atoms with Crippen molar-refractivity contribution in [3.8, 4) is 39.9 Å². The molecule has 0 atom stereocenters. The van der Waals surface area contributed by atoms with Gasteiger partial charge in [0.25, 0.3) is 8.32 Å². The van der Waals surface area contributed by atoms with Crippen LogP contribution in [0.15, 0.2) is 121 Å². The molecule has 0 amide bonds. The van der Waals surface area contributed by atoms with Gasteiger partial charge in [0.2, 0.25) is 0 Å². The summed E-state index contributed by atoms with van der Waals surface area (Å²) < 4.78 is 52.6. The lowest BCUT2D eigenvalue weighted by Crippen LogP contribution is -2.66. The first-order valence-corrected chi connectivity index (χ1v) is 26.0. The monoisotopic (exact) mass is 872 g/mol. The van der Waals surface area contributed by atoms with Gasteiger partial charge in [-0.2, -0.15) is 0 Å². The topological polar surface area (TPSA) is 73.8 Å². The van der Waals surface area contributed by atoms with E-state index < -0.39 is 16.6 Å². The molecule has 6 rings (SSSR count). The zero-order chi connectivity index (χ0) is 44.7. The van der Waals surface area contributed by atoms with Crippen LogP contribution >= 0.6 is 0 Å². The number of methoxy groups -OCH3 is 4. The van der Waals surface area contributed by atoms with Gasteiger partial charge in [-0.1, -0.05) is 145 Å². The van der Waals surface area contributed by atoms with E-state index in [9.17, 15) is 0 Å². The van der Waals surface area contributed by atoms with Crippen LogP contribution in [0.2, 0.25) is 23.2 Å². The zero-order valence-electron chi connectivity index (χ0n) is 38.6. The summed E-state index contributed by atoms with van der Waals surface area (Å²) in [6.45, 7) is 18.9. The van der Waals surface area contributed by atoms with Crippen molar-refractivity contribution in [2.45, 2.75) is 84.5 Å². The standard InChI is InChI=1S/C52H64O8Si2/c1-51(2,3)61(11,12)59-35-43-48(49(55-9)42-29-22-30-44(54-8)47(42)50(43)56-10)46-38(31-39(58-36-53-7)32-45(46)57-33-37-23-16-13-17-24-37)34-60-62(52(4,5)6,40-25-18-14-19-26-40)41-27-20-15-21-28-41/h13-32H,33-36H2,1-12H3. The molecule has 6 aromatic rings. The number of hydrogen-bond acceptors (Lipinski definition) is 8. The number of rotatable bonds is 18. The van der Waals surface area contributed by atoms with Crippen molar-refractivity contribution in [1.29, 1.82) is 0 Å². The Morgan fingerprint density at radius 1 is 0.516 bits per heavy atom. The van der Waals surface area contributed by atoms with E-state index in [2.05, 4.69) is 127 Å². The average Bonchev–Trinajstić information content (AvgIpc) is 3.26. The second kappa shape index (κ2) is 19.5. The number of ether oxygens (including phenoxy) is 6.